The molecule has 0 aliphatic rings. The Morgan fingerprint density at radius 1 is 1.28 bits per heavy atom. The van der Waals surface area contributed by atoms with Gasteiger partial charge in [0, 0.05) is 12.3 Å². The monoisotopic (exact) mass is 358 g/mol. The number of aryl methyl sites for hydroxylation is 1. The number of carbonyl (C=O) groups is 1. The van der Waals surface area contributed by atoms with Gasteiger partial charge in [-0.1, -0.05) is 17.7 Å². The van der Waals surface area contributed by atoms with Crippen molar-refractivity contribution in [3.8, 4) is 0 Å². The standard InChI is InChI=1S/C18H15ClN2O4/c1-12-8-13(20-16(19)9-12)11-24-18(23)15-6-5-14(25-15)10-21-7-3-2-4-17(21)22/h2-9H,10-11H2,1H3. The third-order valence-electron chi connectivity index (χ3n) is 3.43. The van der Waals surface area contributed by atoms with Gasteiger partial charge >= 0.3 is 5.97 Å². The van der Waals surface area contributed by atoms with Gasteiger partial charge in [-0.2, -0.15) is 0 Å². The van der Waals surface area contributed by atoms with E-state index in [0.717, 1.165) is 5.56 Å². The van der Waals surface area contributed by atoms with E-state index in [2.05, 4.69) is 4.98 Å². The van der Waals surface area contributed by atoms with Crippen LogP contribution in [0.2, 0.25) is 5.15 Å². The highest BCUT2D eigenvalue weighted by atomic mass is 35.5. The molecule has 0 bridgehead atoms. The van der Waals surface area contributed by atoms with E-state index >= 15 is 0 Å². The summed E-state index contributed by atoms with van der Waals surface area (Å²) in [5.74, 6) is -0.0548. The van der Waals surface area contributed by atoms with Gasteiger partial charge in [0.15, 0.2) is 0 Å². The van der Waals surface area contributed by atoms with Gasteiger partial charge in [0.25, 0.3) is 5.56 Å². The molecule has 0 fully saturated rings. The minimum atomic E-state index is -0.605. The van der Waals surface area contributed by atoms with Crippen LogP contribution in [-0.4, -0.2) is 15.5 Å². The van der Waals surface area contributed by atoms with Crippen molar-refractivity contribution in [1.29, 1.82) is 0 Å². The molecule has 128 valence electrons. The van der Waals surface area contributed by atoms with Crippen molar-refractivity contribution in [2.45, 2.75) is 20.1 Å². The van der Waals surface area contributed by atoms with Crippen molar-refractivity contribution < 1.29 is 13.9 Å². The highest BCUT2D eigenvalue weighted by Crippen LogP contribution is 2.13. The van der Waals surface area contributed by atoms with Crippen LogP contribution in [0.4, 0.5) is 0 Å². The summed E-state index contributed by atoms with van der Waals surface area (Å²) in [7, 11) is 0. The minimum Gasteiger partial charge on any atom is -0.453 e. The Morgan fingerprint density at radius 2 is 2.12 bits per heavy atom. The number of aromatic nitrogens is 2. The largest absolute Gasteiger partial charge is 0.453 e. The van der Waals surface area contributed by atoms with E-state index in [1.165, 1.54) is 16.7 Å². The molecule has 0 atom stereocenters. The lowest BCUT2D eigenvalue weighted by molar-refractivity contribution is 0.0429. The van der Waals surface area contributed by atoms with Crippen LogP contribution in [0.1, 0.15) is 27.6 Å². The Morgan fingerprint density at radius 3 is 2.88 bits per heavy atom. The third kappa shape index (κ3) is 4.36. The quantitative estimate of drug-likeness (QED) is 0.517. The lowest BCUT2D eigenvalue weighted by Gasteiger charge is -2.04. The number of ether oxygens (including phenoxy) is 1. The Bertz CT molecular complexity index is 941. The van der Waals surface area contributed by atoms with Crippen molar-refractivity contribution in [3.63, 3.8) is 0 Å². The van der Waals surface area contributed by atoms with Crippen LogP contribution in [0.25, 0.3) is 0 Å². The molecule has 0 radical (unpaired) electrons. The molecular formula is C18H15ClN2O4. The molecule has 0 saturated heterocycles. The Hall–Kier alpha value is -2.86. The normalized spacial score (nSPS) is 10.6. The molecule has 0 aliphatic heterocycles. The zero-order chi connectivity index (χ0) is 17.8. The molecule has 6 nitrogen and oxygen atoms in total. The number of carbonyl (C=O) groups excluding carboxylic acids is 1. The van der Waals surface area contributed by atoms with Gasteiger partial charge in [-0.25, -0.2) is 9.78 Å². The van der Waals surface area contributed by atoms with Crippen molar-refractivity contribution in [2.24, 2.45) is 0 Å². The SMILES string of the molecule is Cc1cc(Cl)nc(COC(=O)c2ccc(Cn3ccccc3=O)o2)c1. The van der Waals surface area contributed by atoms with Gasteiger partial charge in [0.2, 0.25) is 5.76 Å². The molecule has 25 heavy (non-hydrogen) atoms. The van der Waals surface area contributed by atoms with Crippen molar-refractivity contribution in [3.05, 3.63) is 86.9 Å². The number of pyridine rings is 2. The van der Waals surface area contributed by atoms with E-state index in [4.69, 9.17) is 20.8 Å². The first-order chi connectivity index (χ1) is 12.0. The second-order valence-electron chi connectivity index (χ2n) is 5.47. The summed E-state index contributed by atoms with van der Waals surface area (Å²) in [5.41, 5.74) is 1.34. The summed E-state index contributed by atoms with van der Waals surface area (Å²) >= 11 is 5.88. The molecule has 3 aromatic rings. The van der Waals surface area contributed by atoms with Crippen LogP contribution in [0.15, 0.2) is 57.9 Å². The maximum Gasteiger partial charge on any atom is 0.374 e. The van der Waals surface area contributed by atoms with Crippen LogP contribution in [-0.2, 0) is 17.9 Å². The fourth-order valence-electron chi connectivity index (χ4n) is 2.31. The van der Waals surface area contributed by atoms with Crippen LogP contribution in [0, 0.1) is 6.92 Å². The summed E-state index contributed by atoms with van der Waals surface area (Å²) in [4.78, 5) is 27.9. The molecular weight excluding hydrogens is 344 g/mol. The summed E-state index contributed by atoms with van der Waals surface area (Å²) in [6, 6.07) is 11.5. The minimum absolute atomic E-state index is 0.00555. The highest BCUT2D eigenvalue weighted by molar-refractivity contribution is 6.29. The maximum atomic E-state index is 12.1. The first-order valence-electron chi connectivity index (χ1n) is 7.55. The number of hydrogen-bond donors (Lipinski definition) is 0. The Labute approximate surface area is 148 Å². The average molecular weight is 359 g/mol. The van der Waals surface area contributed by atoms with E-state index < -0.39 is 5.97 Å². The predicted octanol–water partition coefficient (Wildman–Crippen LogP) is 3.20. The van der Waals surface area contributed by atoms with E-state index in [0.29, 0.717) is 16.6 Å². The van der Waals surface area contributed by atoms with Gasteiger partial charge in [-0.3, -0.25) is 4.79 Å². The first-order valence-corrected chi connectivity index (χ1v) is 7.93. The summed E-state index contributed by atoms with van der Waals surface area (Å²) in [6.07, 6.45) is 1.65. The molecule has 0 aliphatic carbocycles. The number of esters is 1. The maximum absolute atomic E-state index is 12.1. The van der Waals surface area contributed by atoms with Crippen molar-refractivity contribution >= 4 is 17.6 Å². The molecule has 3 rings (SSSR count). The van der Waals surface area contributed by atoms with E-state index in [9.17, 15) is 9.59 Å². The number of rotatable bonds is 5. The molecule has 0 spiro atoms. The molecule has 0 aromatic carbocycles. The van der Waals surface area contributed by atoms with E-state index in [1.807, 2.05) is 6.92 Å². The molecule has 0 amide bonds. The Balaban J connectivity index is 1.64. The lowest BCUT2D eigenvalue weighted by Crippen LogP contribution is -2.17. The van der Waals surface area contributed by atoms with E-state index in [1.54, 1.807) is 36.5 Å². The van der Waals surface area contributed by atoms with Gasteiger partial charge in [-0.05, 0) is 42.8 Å². The second kappa shape index (κ2) is 7.36. The van der Waals surface area contributed by atoms with Crippen molar-refractivity contribution in [2.75, 3.05) is 0 Å². The highest BCUT2D eigenvalue weighted by Gasteiger charge is 2.14. The van der Waals surface area contributed by atoms with Gasteiger partial charge in [-0.15, -0.1) is 0 Å². The predicted molar refractivity (Wildman–Crippen MR) is 91.6 cm³/mol. The van der Waals surface area contributed by atoms with Gasteiger partial charge in [0.1, 0.15) is 17.5 Å². The summed E-state index contributed by atoms with van der Waals surface area (Å²) in [5, 5.41) is 0.347. The molecule has 0 saturated carbocycles. The van der Waals surface area contributed by atoms with Crippen molar-refractivity contribution in [1.82, 2.24) is 9.55 Å². The first kappa shape index (κ1) is 17.0. The fraction of sp³-hybridized carbons (Fsp3) is 0.167. The van der Waals surface area contributed by atoms with Crippen LogP contribution < -0.4 is 5.56 Å². The molecule has 3 aromatic heterocycles. The van der Waals surface area contributed by atoms with Gasteiger partial charge in [0.05, 0.1) is 12.2 Å². The van der Waals surface area contributed by atoms with Crippen LogP contribution in [0.3, 0.4) is 0 Å². The van der Waals surface area contributed by atoms with Gasteiger partial charge < -0.3 is 13.7 Å². The topological polar surface area (TPSA) is 74.3 Å². The number of halogens is 1. The molecule has 3 heterocycles. The smallest absolute Gasteiger partial charge is 0.374 e. The zero-order valence-electron chi connectivity index (χ0n) is 13.4. The molecule has 7 heteroatoms. The number of hydrogen-bond acceptors (Lipinski definition) is 5. The number of furan rings is 1. The molecule has 0 unspecified atom stereocenters. The summed E-state index contributed by atoms with van der Waals surface area (Å²) in [6.45, 7) is 2.11. The average Bonchev–Trinajstić information content (AvgIpc) is 3.03. The Kier molecular flexibility index (Phi) is 5.00. The summed E-state index contributed by atoms with van der Waals surface area (Å²) < 4.78 is 12.1. The van der Waals surface area contributed by atoms with Crippen LogP contribution >= 0.6 is 11.6 Å². The fourth-order valence-corrected chi connectivity index (χ4v) is 2.59. The zero-order valence-corrected chi connectivity index (χ0v) is 14.2. The molecule has 0 N–H and O–H groups in total. The third-order valence-corrected chi connectivity index (χ3v) is 3.62. The van der Waals surface area contributed by atoms with Crippen LogP contribution in [0.5, 0.6) is 0 Å². The second-order valence-corrected chi connectivity index (χ2v) is 5.85. The number of nitrogens with zero attached hydrogens (tertiary/aromatic N) is 2. The van der Waals surface area contributed by atoms with E-state index in [-0.39, 0.29) is 24.5 Å². The lowest BCUT2D eigenvalue weighted by atomic mass is 10.2.